The minimum absolute atomic E-state index is 0.444. The van der Waals surface area contributed by atoms with Crippen LogP contribution < -0.4 is 4.90 Å². The number of β-amino-alcohol motifs (C(OH)–C–C–N with tert-alkyl or cyclic N) is 1. The number of furan rings is 1. The van der Waals surface area contributed by atoms with Crippen LogP contribution in [0.3, 0.4) is 0 Å². The molecule has 118 valence electrons. The average molecular weight is 304 g/mol. The zero-order valence-corrected chi connectivity index (χ0v) is 12.4. The predicted molar refractivity (Wildman–Crippen MR) is 78.5 cm³/mol. The molecule has 7 nitrogen and oxygen atoms in total. The summed E-state index contributed by atoms with van der Waals surface area (Å²) in [7, 11) is 0. The van der Waals surface area contributed by atoms with Crippen LogP contribution in [0.5, 0.6) is 0 Å². The highest BCUT2D eigenvalue weighted by Gasteiger charge is 2.31. The lowest BCUT2D eigenvalue weighted by molar-refractivity contribution is 0.125. The fourth-order valence-electron chi connectivity index (χ4n) is 2.85. The van der Waals surface area contributed by atoms with E-state index in [0.29, 0.717) is 31.5 Å². The third kappa shape index (κ3) is 3.00. The van der Waals surface area contributed by atoms with Crippen LogP contribution >= 0.6 is 0 Å². The maximum absolute atomic E-state index is 10.2. The van der Waals surface area contributed by atoms with Crippen molar-refractivity contribution in [2.24, 2.45) is 0 Å². The van der Waals surface area contributed by atoms with E-state index in [9.17, 15) is 5.11 Å². The summed E-state index contributed by atoms with van der Waals surface area (Å²) in [4.78, 5) is 8.66. The summed E-state index contributed by atoms with van der Waals surface area (Å²) >= 11 is 0. The monoisotopic (exact) mass is 304 g/mol. The van der Waals surface area contributed by atoms with Gasteiger partial charge in [0.2, 0.25) is 5.89 Å². The molecule has 2 fully saturated rings. The van der Waals surface area contributed by atoms with Crippen LogP contribution in [0.15, 0.2) is 27.3 Å². The Hall–Kier alpha value is -1.86. The summed E-state index contributed by atoms with van der Waals surface area (Å²) in [6, 6.07) is 3.84. The second-order valence-electron chi connectivity index (χ2n) is 6.12. The lowest BCUT2D eigenvalue weighted by Crippen LogP contribution is -2.33. The average Bonchev–Trinajstić information content (AvgIpc) is 3.07. The van der Waals surface area contributed by atoms with Crippen LogP contribution in [-0.4, -0.2) is 52.4 Å². The van der Waals surface area contributed by atoms with Crippen molar-refractivity contribution in [1.82, 2.24) is 15.0 Å². The molecule has 1 aliphatic heterocycles. The fraction of sp³-hybridized carbons (Fsp3) is 0.600. The predicted octanol–water partition coefficient (Wildman–Crippen LogP) is 1.22. The Balaban J connectivity index is 1.42. The van der Waals surface area contributed by atoms with E-state index in [1.165, 1.54) is 0 Å². The highest BCUT2D eigenvalue weighted by molar-refractivity contribution is 5.29. The first-order chi connectivity index (χ1) is 10.8. The molecule has 0 unspecified atom stereocenters. The summed E-state index contributed by atoms with van der Waals surface area (Å²) in [5.41, 5.74) is 0. The van der Waals surface area contributed by atoms with Crippen molar-refractivity contribution in [2.75, 3.05) is 31.1 Å². The van der Waals surface area contributed by atoms with Crippen molar-refractivity contribution >= 4 is 5.95 Å². The Morgan fingerprint density at radius 1 is 1.27 bits per heavy atom. The Bertz CT molecular complexity index is 608. The highest BCUT2D eigenvalue weighted by Crippen LogP contribution is 2.39. The normalized spacial score (nSPS) is 23.7. The van der Waals surface area contributed by atoms with E-state index in [0.717, 1.165) is 37.6 Å². The molecular weight excluding hydrogens is 284 g/mol. The molecule has 1 saturated heterocycles. The third-order valence-corrected chi connectivity index (χ3v) is 4.19. The molecule has 0 amide bonds. The van der Waals surface area contributed by atoms with Crippen LogP contribution in [0, 0.1) is 0 Å². The van der Waals surface area contributed by atoms with E-state index in [2.05, 4.69) is 15.0 Å². The van der Waals surface area contributed by atoms with E-state index in [-0.39, 0.29) is 0 Å². The summed E-state index contributed by atoms with van der Waals surface area (Å²) in [5.74, 6) is 2.70. The van der Waals surface area contributed by atoms with Crippen molar-refractivity contribution in [3.63, 3.8) is 0 Å². The van der Waals surface area contributed by atoms with Gasteiger partial charge in [0.25, 0.3) is 5.95 Å². The Labute approximate surface area is 128 Å². The number of aliphatic hydroxyl groups is 1. The van der Waals surface area contributed by atoms with E-state index in [1.807, 2.05) is 17.0 Å². The minimum atomic E-state index is -0.444. The molecule has 3 heterocycles. The van der Waals surface area contributed by atoms with Crippen LogP contribution in [0.4, 0.5) is 5.95 Å². The van der Waals surface area contributed by atoms with Crippen LogP contribution in [-0.2, 0) is 6.54 Å². The van der Waals surface area contributed by atoms with Gasteiger partial charge in [0, 0.05) is 32.1 Å². The van der Waals surface area contributed by atoms with Gasteiger partial charge in [-0.1, -0.05) is 0 Å². The first kappa shape index (κ1) is 13.8. The minimum Gasteiger partial charge on any atom is -0.468 e. The maximum Gasteiger partial charge on any atom is 0.266 e. The molecule has 2 aromatic heterocycles. The largest absolute Gasteiger partial charge is 0.468 e. The number of aromatic nitrogens is 2. The van der Waals surface area contributed by atoms with Crippen LogP contribution in [0.1, 0.15) is 30.4 Å². The molecule has 0 aromatic carbocycles. The number of rotatable bonds is 4. The van der Waals surface area contributed by atoms with E-state index in [1.54, 1.807) is 6.26 Å². The second kappa shape index (κ2) is 5.73. The zero-order valence-electron chi connectivity index (χ0n) is 12.4. The van der Waals surface area contributed by atoms with Crippen molar-refractivity contribution in [2.45, 2.75) is 31.4 Å². The number of aliphatic hydroxyl groups excluding tert-OH is 1. The van der Waals surface area contributed by atoms with Gasteiger partial charge in [-0.2, -0.15) is 4.98 Å². The molecule has 1 aliphatic carbocycles. The Morgan fingerprint density at radius 2 is 2.18 bits per heavy atom. The standard InChI is InChI=1S/C15H20N4O3/c20-12-8-18(10-13-2-1-7-21-13)5-6-19(9-12)15-16-14(22-17-15)11-3-4-11/h1-2,7,11-12,20H,3-6,8-10H2/t12-/m1/s1. The molecule has 0 spiro atoms. The molecule has 1 saturated carbocycles. The third-order valence-electron chi connectivity index (χ3n) is 4.19. The summed E-state index contributed by atoms with van der Waals surface area (Å²) in [5, 5.41) is 14.3. The fourth-order valence-corrected chi connectivity index (χ4v) is 2.85. The van der Waals surface area contributed by atoms with Crippen molar-refractivity contribution in [3.8, 4) is 0 Å². The van der Waals surface area contributed by atoms with Crippen molar-refractivity contribution in [3.05, 3.63) is 30.0 Å². The van der Waals surface area contributed by atoms with E-state index < -0.39 is 6.10 Å². The van der Waals surface area contributed by atoms with Gasteiger partial charge in [0.1, 0.15) is 5.76 Å². The number of nitrogens with zero attached hydrogens (tertiary/aromatic N) is 4. The van der Waals surface area contributed by atoms with Crippen LogP contribution in [0.25, 0.3) is 0 Å². The molecule has 0 radical (unpaired) electrons. The highest BCUT2D eigenvalue weighted by atomic mass is 16.5. The molecule has 2 aromatic rings. The second-order valence-corrected chi connectivity index (χ2v) is 6.12. The quantitative estimate of drug-likeness (QED) is 0.910. The molecule has 2 aliphatic rings. The lowest BCUT2D eigenvalue weighted by atomic mass is 10.3. The lowest BCUT2D eigenvalue weighted by Gasteiger charge is -2.19. The zero-order chi connectivity index (χ0) is 14.9. The molecule has 1 N–H and O–H groups in total. The van der Waals surface area contributed by atoms with Gasteiger partial charge < -0.3 is 18.9 Å². The molecule has 22 heavy (non-hydrogen) atoms. The van der Waals surface area contributed by atoms with Crippen LogP contribution in [0.2, 0.25) is 0 Å². The van der Waals surface area contributed by atoms with Gasteiger partial charge in [-0.15, -0.1) is 0 Å². The summed E-state index contributed by atoms with van der Waals surface area (Å²) in [6.07, 6.45) is 3.51. The topological polar surface area (TPSA) is 78.8 Å². The number of hydrogen-bond acceptors (Lipinski definition) is 7. The van der Waals surface area contributed by atoms with Crippen molar-refractivity contribution < 1.29 is 14.0 Å². The number of hydrogen-bond donors (Lipinski definition) is 1. The molecule has 4 rings (SSSR count). The molecular formula is C15H20N4O3. The maximum atomic E-state index is 10.2. The number of anilines is 1. The van der Waals surface area contributed by atoms with E-state index >= 15 is 0 Å². The molecule has 1 atom stereocenters. The summed E-state index contributed by atoms with van der Waals surface area (Å²) in [6.45, 7) is 3.44. The van der Waals surface area contributed by atoms with Crippen molar-refractivity contribution in [1.29, 1.82) is 0 Å². The smallest absolute Gasteiger partial charge is 0.266 e. The Kier molecular flexibility index (Phi) is 3.59. The van der Waals surface area contributed by atoms with E-state index in [4.69, 9.17) is 8.94 Å². The first-order valence-corrected chi connectivity index (χ1v) is 7.79. The SMILES string of the molecule is O[C@@H]1CN(Cc2ccco2)CCN(c2noc(C3CC3)n2)C1. The van der Waals surface area contributed by atoms with Gasteiger partial charge in [0.15, 0.2) is 0 Å². The van der Waals surface area contributed by atoms with Gasteiger partial charge in [-0.25, -0.2) is 0 Å². The Morgan fingerprint density at radius 3 is 2.95 bits per heavy atom. The van der Waals surface area contributed by atoms with Gasteiger partial charge in [-0.3, -0.25) is 4.90 Å². The van der Waals surface area contributed by atoms with Gasteiger partial charge >= 0.3 is 0 Å². The van der Waals surface area contributed by atoms with Gasteiger partial charge in [-0.05, 0) is 30.1 Å². The summed E-state index contributed by atoms with van der Waals surface area (Å²) < 4.78 is 10.7. The van der Waals surface area contributed by atoms with Gasteiger partial charge in [0.05, 0.1) is 18.9 Å². The first-order valence-electron chi connectivity index (χ1n) is 7.79. The molecule has 0 bridgehead atoms. The molecule has 7 heteroatoms.